The molecule has 1 aromatic carbocycles. The van der Waals surface area contributed by atoms with Crippen molar-refractivity contribution in [3.63, 3.8) is 0 Å². The van der Waals surface area contributed by atoms with E-state index in [1.165, 1.54) is 30.4 Å². The molecule has 1 unspecified atom stereocenters. The summed E-state index contributed by atoms with van der Waals surface area (Å²) >= 11 is 0. The third kappa shape index (κ3) is 2.52. The van der Waals surface area contributed by atoms with Crippen molar-refractivity contribution in [2.75, 3.05) is 7.11 Å². The summed E-state index contributed by atoms with van der Waals surface area (Å²) in [6.07, 6.45) is 9.65. The van der Waals surface area contributed by atoms with Crippen LogP contribution in [0.1, 0.15) is 44.1 Å². The van der Waals surface area contributed by atoms with Crippen LogP contribution in [-0.4, -0.2) is 12.9 Å². The summed E-state index contributed by atoms with van der Waals surface area (Å²) in [6, 6.07) is 8.39. The van der Waals surface area contributed by atoms with Crippen molar-refractivity contribution in [1.29, 1.82) is 0 Å². The smallest absolute Gasteiger partial charge is 0.155 e. The fourth-order valence-corrected chi connectivity index (χ4v) is 3.77. The lowest BCUT2D eigenvalue weighted by molar-refractivity contribution is -0.116. The van der Waals surface area contributed by atoms with Crippen molar-refractivity contribution < 1.29 is 9.53 Å². The molecule has 0 aliphatic heterocycles. The molecule has 2 heteroatoms. The number of methoxy groups -OCH3 is 1. The Bertz CT molecular complexity index is 527. The van der Waals surface area contributed by atoms with Gasteiger partial charge in [0, 0.05) is 6.42 Å². The lowest BCUT2D eigenvalue weighted by Crippen LogP contribution is -2.33. The van der Waals surface area contributed by atoms with Crippen LogP contribution in [0.2, 0.25) is 0 Å². The number of carbonyl (C=O) groups is 1. The summed E-state index contributed by atoms with van der Waals surface area (Å²) in [5, 5.41) is 0. The van der Waals surface area contributed by atoms with Crippen molar-refractivity contribution in [2.24, 2.45) is 5.41 Å². The second kappa shape index (κ2) is 5.43. The van der Waals surface area contributed by atoms with Crippen LogP contribution in [0, 0.1) is 5.41 Å². The van der Waals surface area contributed by atoms with Crippen molar-refractivity contribution >= 4 is 5.78 Å². The Hall–Kier alpha value is -1.57. The van der Waals surface area contributed by atoms with E-state index in [9.17, 15) is 4.79 Å². The highest BCUT2D eigenvalue weighted by Gasteiger charge is 2.39. The average Bonchev–Trinajstić information content (AvgIpc) is 2.48. The number of rotatable bonds is 3. The van der Waals surface area contributed by atoms with E-state index in [4.69, 9.17) is 4.74 Å². The second-order valence-corrected chi connectivity index (χ2v) is 6.15. The predicted molar refractivity (Wildman–Crippen MR) is 79.9 cm³/mol. The number of allylic oxidation sites excluding steroid dienone is 2. The average molecular weight is 270 g/mol. The van der Waals surface area contributed by atoms with E-state index in [1.54, 1.807) is 7.11 Å². The van der Waals surface area contributed by atoms with Gasteiger partial charge in [-0.3, -0.25) is 4.79 Å². The molecule has 0 amide bonds. The topological polar surface area (TPSA) is 26.3 Å². The van der Waals surface area contributed by atoms with Gasteiger partial charge in [-0.25, -0.2) is 0 Å². The molecule has 0 aromatic heterocycles. The van der Waals surface area contributed by atoms with Gasteiger partial charge >= 0.3 is 0 Å². The normalized spacial score (nSPS) is 25.9. The van der Waals surface area contributed by atoms with E-state index < -0.39 is 0 Å². The van der Waals surface area contributed by atoms with Gasteiger partial charge < -0.3 is 4.74 Å². The SMILES string of the molecule is COc1ccc(CC23CCCCC2=CC(=O)CC3)cc1. The number of fused-ring (bicyclic) bond motifs is 1. The van der Waals surface area contributed by atoms with E-state index in [1.807, 2.05) is 18.2 Å². The number of ether oxygens (including phenoxy) is 1. The third-order valence-corrected chi connectivity index (χ3v) is 4.92. The van der Waals surface area contributed by atoms with Gasteiger partial charge in [-0.2, -0.15) is 0 Å². The number of ketones is 1. The molecule has 2 aliphatic carbocycles. The van der Waals surface area contributed by atoms with Gasteiger partial charge in [-0.15, -0.1) is 0 Å². The van der Waals surface area contributed by atoms with Gasteiger partial charge in [0.05, 0.1) is 7.11 Å². The molecule has 1 atom stereocenters. The highest BCUT2D eigenvalue weighted by molar-refractivity contribution is 5.91. The fraction of sp³-hybridized carbons (Fsp3) is 0.500. The maximum atomic E-state index is 11.7. The molecule has 1 aromatic rings. The molecule has 1 saturated carbocycles. The first-order valence-electron chi connectivity index (χ1n) is 7.59. The Balaban J connectivity index is 1.85. The second-order valence-electron chi connectivity index (χ2n) is 6.15. The van der Waals surface area contributed by atoms with Gasteiger partial charge in [-0.1, -0.05) is 24.1 Å². The Morgan fingerprint density at radius 3 is 2.65 bits per heavy atom. The van der Waals surface area contributed by atoms with E-state index in [0.717, 1.165) is 31.4 Å². The molecule has 0 radical (unpaired) electrons. The molecule has 0 N–H and O–H groups in total. The summed E-state index contributed by atoms with van der Waals surface area (Å²) in [6.45, 7) is 0. The van der Waals surface area contributed by atoms with Crippen LogP contribution in [0.3, 0.4) is 0 Å². The van der Waals surface area contributed by atoms with Crippen molar-refractivity contribution in [3.05, 3.63) is 41.5 Å². The number of hydrogen-bond acceptors (Lipinski definition) is 2. The summed E-state index contributed by atoms with van der Waals surface area (Å²) in [5.41, 5.74) is 3.02. The van der Waals surface area contributed by atoms with Gasteiger partial charge in [0.25, 0.3) is 0 Å². The zero-order valence-electron chi connectivity index (χ0n) is 12.2. The molecule has 0 bridgehead atoms. The molecule has 0 heterocycles. The summed E-state index contributed by atoms with van der Waals surface area (Å²) in [4.78, 5) is 11.7. The minimum absolute atomic E-state index is 0.251. The number of hydrogen-bond donors (Lipinski definition) is 0. The first kappa shape index (κ1) is 13.4. The summed E-state index contributed by atoms with van der Waals surface area (Å²) in [5.74, 6) is 1.23. The maximum absolute atomic E-state index is 11.7. The summed E-state index contributed by atoms with van der Waals surface area (Å²) in [7, 11) is 1.70. The maximum Gasteiger partial charge on any atom is 0.155 e. The van der Waals surface area contributed by atoms with E-state index in [0.29, 0.717) is 5.78 Å². The van der Waals surface area contributed by atoms with Crippen molar-refractivity contribution in [3.8, 4) is 5.75 Å². The van der Waals surface area contributed by atoms with Crippen LogP contribution < -0.4 is 4.74 Å². The van der Waals surface area contributed by atoms with Crippen LogP contribution in [0.4, 0.5) is 0 Å². The zero-order chi connectivity index (χ0) is 14.0. The predicted octanol–water partition coefficient (Wildman–Crippen LogP) is 4.09. The third-order valence-electron chi connectivity index (χ3n) is 4.92. The number of benzene rings is 1. The van der Waals surface area contributed by atoms with Crippen LogP contribution in [-0.2, 0) is 11.2 Å². The summed E-state index contributed by atoms with van der Waals surface area (Å²) < 4.78 is 5.22. The van der Waals surface area contributed by atoms with Crippen LogP contribution in [0.15, 0.2) is 35.9 Å². The largest absolute Gasteiger partial charge is 0.497 e. The van der Waals surface area contributed by atoms with Gasteiger partial charge in [0.15, 0.2) is 5.78 Å². The first-order chi connectivity index (χ1) is 9.72. The van der Waals surface area contributed by atoms with E-state index in [2.05, 4.69) is 12.1 Å². The molecular formula is C18H22O2. The van der Waals surface area contributed by atoms with Crippen molar-refractivity contribution in [1.82, 2.24) is 0 Å². The molecular weight excluding hydrogens is 248 g/mol. The molecule has 106 valence electrons. The molecule has 2 nitrogen and oxygen atoms in total. The number of carbonyl (C=O) groups excluding carboxylic acids is 1. The van der Waals surface area contributed by atoms with Crippen LogP contribution in [0.5, 0.6) is 5.75 Å². The lowest BCUT2D eigenvalue weighted by Gasteiger charge is -2.42. The Kier molecular flexibility index (Phi) is 3.64. The van der Waals surface area contributed by atoms with Gasteiger partial charge in [0.1, 0.15) is 5.75 Å². The zero-order valence-corrected chi connectivity index (χ0v) is 12.2. The molecule has 1 fully saturated rings. The first-order valence-corrected chi connectivity index (χ1v) is 7.59. The van der Waals surface area contributed by atoms with E-state index in [-0.39, 0.29) is 5.41 Å². The monoisotopic (exact) mass is 270 g/mol. The van der Waals surface area contributed by atoms with Crippen molar-refractivity contribution in [2.45, 2.75) is 44.9 Å². The van der Waals surface area contributed by atoms with E-state index >= 15 is 0 Å². The Morgan fingerprint density at radius 2 is 1.90 bits per heavy atom. The Labute approximate surface area is 120 Å². The van der Waals surface area contributed by atoms with Crippen LogP contribution in [0.25, 0.3) is 0 Å². The Morgan fingerprint density at radius 1 is 1.10 bits per heavy atom. The molecule has 0 saturated heterocycles. The molecule has 2 aliphatic rings. The molecule has 20 heavy (non-hydrogen) atoms. The molecule has 3 rings (SSSR count). The quantitative estimate of drug-likeness (QED) is 0.827. The molecule has 0 spiro atoms. The van der Waals surface area contributed by atoms with Gasteiger partial charge in [-0.05, 0) is 61.3 Å². The minimum Gasteiger partial charge on any atom is -0.497 e. The highest BCUT2D eigenvalue weighted by Crippen LogP contribution is 2.49. The fourth-order valence-electron chi connectivity index (χ4n) is 3.77. The minimum atomic E-state index is 0.251. The highest BCUT2D eigenvalue weighted by atomic mass is 16.5. The standard InChI is InChI=1S/C18H22O2/c1-20-17-7-5-14(6-8-17)13-18-10-3-2-4-15(18)12-16(19)9-11-18/h5-8,12H,2-4,9-11,13H2,1H3. The lowest BCUT2D eigenvalue weighted by atomic mass is 9.62. The van der Waals surface area contributed by atoms with Gasteiger partial charge in [0.2, 0.25) is 0 Å². The van der Waals surface area contributed by atoms with Crippen LogP contribution >= 0.6 is 0 Å².